The van der Waals surface area contributed by atoms with Crippen LogP contribution in [0.5, 0.6) is 5.75 Å². The maximum absolute atomic E-state index is 13.6. The molecule has 0 bridgehead atoms. The van der Waals surface area contributed by atoms with E-state index in [9.17, 15) is 9.59 Å². The van der Waals surface area contributed by atoms with Crippen molar-refractivity contribution in [2.24, 2.45) is 7.05 Å². The number of aryl methyl sites for hydroxylation is 1. The molecular weight excluding hydrogens is 454 g/mol. The first-order valence-electron chi connectivity index (χ1n) is 10.5. The molecule has 2 aromatic carbocycles. The molecule has 3 heterocycles. The van der Waals surface area contributed by atoms with E-state index in [-0.39, 0.29) is 17.8 Å². The van der Waals surface area contributed by atoms with Crippen LogP contribution in [0.4, 0.5) is 0 Å². The topological polar surface area (TPSA) is 91.0 Å². The van der Waals surface area contributed by atoms with Gasteiger partial charge in [-0.25, -0.2) is 0 Å². The Bertz CT molecular complexity index is 1610. The molecule has 170 valence electrons. The second-order valence-corrected chi connectivity index (χ2v) is 8.14. The van der Waals surface area contributed by atoms with Crippen LogP contribution in [0.2, 0.25) is 5.02 Å². The first-order valence-corrected chi connectivity index (χ1v) is 10.9. The van der Waals surface area contributed by atoms with Gasteiger partial charge in [-0.2, -0.15) is 9.78 Å². The van der Waals surface area contributed by atoms with Crippen molar-refractivity contribution >= 4 is 39.3 Å². The number of para-hydroxylation sites is 1. The lowest BCUT2D eigenvalue weighted by atomic mass is 10.1. The first-order chi connectivity index (χ1) is 16.5. The van der Waals surface area contributed by atoms with Crippen molar-refractivity contribution in [1.82, 2.24) is 24.6 Å². The number of rotatable bonds is 5. The summed E-state index contributed by atoms with van der Waals surface area (Å²) in [4.78, 5) is 31.1. The minimum atomic E-state index is -0.404. The quantitative estimate of drug-likeness (QED) is 0.418. The molecule has 0 aliphatic rings. The fourth-order valence-electron chi connectivity index (χ4n) is 4.07. The van der Waals surface area contributed by atoms with Crippen LogP contribution in [-0.2, 0) is 13.6 Å². The lowest BCUT2D eigenvalue weighted by Crippen LogP contribution is -2.30. The van der Waals surface area contributed by atoms with Gasteiger partial charge in [0.2, 0.25) is 0 Å². The summed E-state index contributed by atoms with van der Waals surface area (Å²) >= 11 is 6.31. The highest BCUT2D eigenvalue weighted by Gasteiger charge is 2.23. The minimum absolute atomic E-state index is 0.141. The number of pyridine rings is 1. The summed E-state index contributed by atoms with van der Waals surface area (Å²) in [7, 11) is 3.31. The molecule has 0 unspecified atom stereocenters. The first kappa shape index (κ1) is 21.7. The van der Waals surface area contributed by atoms with Crippen molar-refractivity contribution in [3.8, 4) is 11.4 Å². The molecule has 9 heteroatoms. The zero-order valence-corrected chi connectivity index (χ0v) is 19.2. The molecule has 0 saturated carbocycles. The lowest BCUT2D eigenvalue weighted by molar-refractivity contribution is 0.0946. The second-order valence-electron chi connectivity index (χ2n) is 7.73. The summed E-state index contributed by atoms with van der Waals surface area (Å²) in [6, 6.07) is 16.1. The van der Waals surface area contributed by atoms with E-state index in [4.69, 9.17) is 16.3 Å². The Balaban J connectivity index is 1.73. The van der Waals surface area contributed by atoms with Crippen molar-refractivity contribution in [2.45, 2.75) is 6.54 Å². The van der Waals surface area contributed by atoms with Crippen LogP contribution in [0.25, 0.3) is 27.5 Å². The molecule has 1 N–H and O–H groups in total. The van der Waals surface area contributed by atoms with Crippen molar-refractivity contribution in [1.29, 1.82) is 0 Å². The Hall–Kier alpha value is -4.17. The molecule has 0 aliphatic carbocycles. The highest BCUT2D eigenvalue weighted by atomic mass is 35.5. The number of methoxy groups -OCH3 is 1. The van der Waals surface area contributed by atoms with Gasteiger partial charge in [0.15, 0.2) is 5.69 Å². The number of ether oxygens (including phenoxy) is 1. The van der Waals surface area contributed by atoms with Crippen LogP contribution in [0.15, 0.2) is 71.8 Å². The largest absolute Gasteiger partial charge is 0.495 e. The Morgan fingerprint density at radius 1 is 1.15 bits per heavy atom. The number of hydrogen-bond acceptors (Lipinski definition) is 5. The average molecular weight is 474 g/mol. The molecule has 0 spiro atoms. The Morgan fingerprint density at radius 3 is 2.71 bits per heavy atom. The van der Waals surface area contributed by atoms with Gasteiger partial charge in [0, 0.05) is 42.3 Å². The Labute approximate surface area is 199 Å². The minimum Gasteiger partial charge on any atom is -0.495 e. The van der Waals surface area contributed by atoms with E-state index in [0.29, 0.717) is 27.4 Å². The molecule has 3 aromatic heterocycles. The van der Waals surface area contributed by atoms with Gasteiger partial charge in [-0.15, -0.1) is 0 Å². The number of halogens is 1. The summed E-state index contributed by atoms with van der Waals surface area (Å²) in [6.07, 6.45) is 3.35. The zero-order valence-electron chi connectivity index (χ0n) is 18.4. The molecular formula is C25H20ClN5O3. The Kier molecular flexibility index (Phi) is 5.51. The number of aromatic nitrogens is 4. The van der Waals surface area contributed by atoms with Gasteiger partial charge < -0.3 is 14.6 Å². The van der Waals surface area contributed by atoms with Gasteiger partial charge in [0.25, 0.3) is 11.5 Å². The third-order valence-corrected chi connectivity index (χ3v) is 6.00. The van der Waals surface area contributed by atoms with Crippen molar-refractivity contribution in [3.63, 3.8) is 0 Å². The van der Waals surface area contributed by atoms with Crippen molar-refractivity contribution in [3.05, 3.63) is 93.6 Å². The van der Waals surface area contributed by atoms with E-state index in [2.05, 4.69) is 15.4 Å². The van der Waals surface area contributed by atoms with E-state index < -0.39 is 5.91 Å². The van der Waals surface area contributed by atoms with E-state index in [0.717, 1.165) is 16.5 Å². The smallest absolute Gasteiger partial charge is 0.296 e. The molecule has 0 radical (unpaired) electrons. The predicted molar refractivity (Wildman–Crippen MR) is 131 cm³/mol. The number of hydrogen-bond donors (Lipinski definition) is 1. The highest BCUT2D eigenvalue weighted by Crippen LogP contribution is 2.30. The van der Waals surface area contributed by atoms with E-state index in [1.807, 2.05) is 30.3 Å². The van der Waals surface area contributed by atoms with Gasteiger partial charge in [0.1, 0.15) is 11.3 Å². The summed E-state index contributed by atoms with van der Waals surface area (Å²) in [5.74, 6) is 0.0668. The van der Waals surface area contributed by atoms with Gasteiger partial charge in [-0.3, -0.25) is 14.6 Å². The molecule has 1 amide bonds. The second kappa shape index (κ2) is 8.64. The van der Waals surface area contributed by atoms with Crippen LogP contribution >= 0.6 is 11.6 Å². The number of carbonyl (C=O) groups is 1. The summed E-state index contributed by atoms with van der Waals surface area (Å²) in [5.41, 5.74) is 2.24. The summed E-state index contributed by atoms with van der Waals surface area (Å²) < 4.78 is 8.20. The Morgan fingerprint density at radius 2 is 1.97 bits per heavy atom. The average Bonchev–Trinajstić information content (AvgIpc) is 3.16. The standard InChI is InChI=1S/C25H20ClN5O3/c1-30-19-8-4-3-7-17(19)21-22(24(32)28-14-15-6-5-11-27-13-15)29-31(25(33)23(21)30)16-9-10-20(34-2)18(26)12-16/h3-13H,14H2,1-2H3,(H,28,32). The van der Waals surface area contributed by atoms with Crippen molar-refractivity contribution in [2.75, 3.05) is 7.11 Å². The van der Waals surface area contributed by atoms with E-state index in [1.165, 1.54) is 11.8 Å². The fourth-order valence-corrected chi connectivity index (χ4v) is 4.32. The van der Waals surface area contributed by atoms with Crippen LogP contribution in [0.1, 0.15) is 16.1 Å². The molecule has 0 fully saturated rings. The van der Waals surface area contributed by atoms with Crippen LogP contribution in [0.3, 0.4) is 0 Å². The van der Waals surface area contributed by atoms with Crippen molar-refractivity contribution < 1.29 is 9.53 Å². The number of fused-ring (bicyclic) bond motifs is 3. The van der Waals surface area contributed by atoms with E-state index >= 15 is 0 Å². The molecule has 5 aromatic rings. The SMILES string of the molecule is COc1ccc(-n2nc(C(=O)NCc3cccnc3)c3c4ccccc4n(C)c3c2=O)cc1Cl. The molecule has 0 saturated heterocycles. The number of nitrogens with one attached hydrogen (secondary N) is 1. The molecule has 0 aliphatic heterocycles. The summed E-state index contributed by atoms with van der Waals surface area (Å²) in [5, 5.41) is 9.01. The fraction of sp³-hybridized carbons (Fsp3) is 0.120. The van der Waals surface area contributed by atoms with Gasteiger partial charge in [0.05, 0.1) is 17.8 Å². The highest BCUT2D eigenvalue weighted by molar-refractivity contribution is 6.32. The number of amides is 1. The zero-order chi connectivity index (χ0) is 23.8. The third-order valence-electron chi connectivity index (χ3n) is 5.71. The number of carbonyl (C=O) groups excluding carboxylic acids is 1. The molecule has 8 nitrogen and oxygen atoms in total. The third kappa shape index (κ3) is 3.58. The maximum atomic E-state index is 13.6. The monoisotopic (exact) mass is 473 g/mol. The van der Waals surface area contributed by atoms with Crippen LogP contribution in [0, 0.1) is 0 Å². The molecule has 5 rings (SSSR count). The lowest BCUT2D eigenvalue weighted by Gasteiger charge is -2.12. The van der Waals surface area contributed by atoms with Crippen LogP contribution < -0.4 is 15.6 Å². The van der Waals surface area contributed by atoms with Gasteiger partial charge >= 0.3 is 0 Å². The number of nitrogens with zero attached hydrogens (tertiary/aromatic N) is 4. The normalized spacial score (nSPS) is 11.1. The number of benzene rings is 2. The van der Waals surface area contributed by atoms with E-state index in [1.54, 1.807) is 48.3 Å². The van der Waals surface area contributed by atoms with Crippen LogP contribution in [-0.4, -0.2) is 32.3 Å². The molecule has 34 heavy (non-hydrogen) atoms. The van der Waals surface area contributed by atoms with Gasteiger partial charge in [-0.1, -0.05) is 35.9 Å². The maximum Gasteiger partial charge on any atom is 0.296 e. The summed E-state index contributed by atoms with van der Waals surface area (Å²) in [6.45, 7) is 0.272. The molecule has 0 atom stereocenters. The van der Waals surface area contributed by atoms with Gasteiger partial charge in [-0.05, 0) is 35.9 Å². The predicted octanol–water partition coefficient (Wildman–Crippen LogP) is 3.86.